The smallest absolute Gasteiger partial charge is 0.251 e. The second-order valence-corrected chi connectivity index (χ2v) is 8.71. The molecule has 5 heteroatoms. The first-order valence-electron chi connectivity index (χ1n) is 11.0. The van der Waals surface area contributed by atoms with E-state index >= 15 is 0 Å². The molecule has 1 aromatic carbocycles. The molecular formula is C23H35N3O2. The molecule has 0 bridgehead atoms. The second-order valence-electron chi connectivity index (χ2n) is 8.71. The average molecular weight is 386 g/mol. The quantitative estimate of drug-likeness (QED) is 0.776. The van der Waals surface area contributed by atoms with Crippen molar-refractivity contribution in [1.29, 1.82) is 0 Å². The van der Waals surface area contributed by atoms with Crippen LogP contribution >= 0.6 is 0 Å². The van der Waals surface area contributed by atoms with Gasteiger partial charge >= 0.3 is 0 Å². The van der Waals surface area contributed by atoms with Crippen LogP contribution in [-0.4, -0.2) is 42.4 Å². The van der Waals surface area contributed by atoms with Crippen LogP contribution in [0.3, 0.4) is 0 Å². The van der Waals surface area contributed by atoms with Gasteiger partial charge in [0.15, 0.2) is 0 Å². The van der Waals surface area contributed by atoms with Crippen molar-refractivity contribution in [3.05, 3.63) is 29.8 Å². The first kappa shape index (κ1) is 20.8. The van der Waals surface area contributed by atoms with E-state index in [2.05, 4.69) is 29.4 Å². The van der Waals surface area contributed by atoms with E-state index in [1.54, 1.807) is 12.1 Å². The highest BCUT2D eigenvalue weighted by atomic mass is 16.2. The summed E-state index contributed by atoms with van der Waals surface area (Å²) in [6, 6.07) is 7.61. The second kappa shape index (κ2) is 10.1. The van der Waals surface area contributed by atoms with E-state index in [-0.39, 0.29) is 17.7 Å². The minimum absolute atomic E-state index is 0.0781. The molecule has 2 amide bonds. The molecule has 1 heterocycles. The molecule has 2 N–H and O–H groups in total. The minimum Gasteiger partial charge on any atom is -0.350 e. The molecule has 0 radical (unpaired) electrons. The maximum atomic E-state index is 12.6. The van der Waals surface area contributed by atoms with Gasteiger partial charge in [0, 0.05) is 36.3 Å². The minimum atomic E-state index is -0.0781. The van der Waals surface area contributed by atoms with E-state index in [1.165, 1.54) is 19.3 Å². The van der Waals surface area contributed by atoms with Gasteiger partial charge in [0.05, 0.1) is 0 Å². The topological polar surface area (TPSA) is 61.4 Å². The monoisotopic (exact) mass is 385 g/mol. The maximum Gasteiger partial charge on any atom is 0.251 e. The van der Waals surface area contributed by atoms with Gasteiger partial charge in [-0.3, -0.25) is 14.5 Å². The fraction of sp³-hybridized carbons (Fsp3) is 0.652. The largest absolute Gasteiger partial charge is 0.350 e. The number of carbonyl (C=O) groups excluding carboxylic acids is 2. The highest BCUT2D eigenvalue weighted by Crippen LogP contribution is 2.25. The number of rotatable bonds is 6. The Bertz CT molecular complexity index is 670. The Balaban J connectivity index is 1.51. The van der Waals surface area contributed by atoms with Crippen molar-refractivity contribution in [2.24, 2.45) is 11.8 Å². The van der Waals surface area contributed by atoms with Crippen molar-refractivity contribution >= 4 is 17.5 Å². The third-order valence-electron chi connectivity index (χ3n) is 6.24. The Morgan fingerprint density at radius 1 is 1.14 bits per heavy atom. The Hall–Kier alpha value is -1.88. The van der Waals surface area contributed by atoms with Crippen molar-refractivity contribution in [2.45, 2.75) is 64.8 Å². The summed E-state index contributed by atoms with van der Waals surface area (Å²) in [6.07, 6.45) is 7.98. The summed E-state index contributed by atoms with van der Waals surface area (Å²) in [5.41, 5.74) is 1.31. The molecule has 2 unspecified atom stereocenters. The number of piperidine rings is 1. The molecule has 1 saturated heterocycles. The zero-order chi connectivity index (χ0) is 19.9. The van der Waals surface area contributed by atoms with Crippen LogP contribution in [0.15, 0.2) is 24.3 Å². The average Bonchev–Trinajstić information content (AvgIpc) is 2.72. The van der Waals surface area contributed by atoms with Crippen LogP contribution in [0.25, 0.3) is 0 Å². The predicted molar refractivity (Wildman–Crippen MR) is 113 cm³/mol. The lowest BCUT2D eigenvalue weighted by molar-refractivity contribution is -0.120. The van der Waals surface area contributed by atoms with Crippen LogP contribution in [0.4, 0.5) is 5.69 Å². The van der Waals surface area contributed by atoms with Gasteiger partial charge < -0.3 is 10.6 Å². The lowest BCUT2D eigenvalue weighted by Gasteiger charge is -2.35. The first-order chi connectivity index (χ1) is 13.5. The van der Waals surface area contributed by atoms with Gasteiger partial charge in [-0.25, -0.2) is 0 Å². The number of nitrogens with zero attached hydrogens (tertiary/aromatic N) is 1. The summed E-state index contributed by atoms with van der Waals surface area (Å²) in [5, 5.41) is 6.06. The third-order valence-corrected chi connectivity index (χ3v) is 6.24. The maximum absolute atomic E-state index is 12.6. The molecule has 2 aliphatic rings. The van der Waals surface area contributed by atoms with Crippen LogP contribution in [0.1, 0.15) is 69.2 Å². The predicted octanol–water partition coefficient (Wildman–Crippen LogP) is 4.06. The van der Waals surface area contributed by atoms with Gasteiger partial charge in [-0.1, -0.05) is 32.3 Å². The number of benzene rings is 1. The summed E-state index contributed by atoms with van der Waals surface area (Å²) >= 11 is 0. The van der Waals surface area contributed by atoms with Crippen LogP contribution in [0, 0.1) is 11.8 Å². The van der Waals surface area contributed by atoms with Crippen molar-refractivity contribution in [3.63, 3.8) is 0 Å². The Morgan fingerprint density at radius 3 is 2.68 bits per heavy atom. The number of nitrogens with one attached hydrogen (secondary N) is 2. The third kappa shape index (κ3) is 5.81. The molecule has 1 saturated carbocycles. The van der Waals surface area contributed by atoms with Gasteiger partial charge in [-0.15, -0.1) is 0 Å². The molecule has 1 aromatic rings. The van der Waals surface area contributed by atoms with Gasteiger partial charge in [0.1, 0.15) is 0 Å². The number of likely N-dealkylation sites (tertiary alicyclic amines) is 1. The van der Waals surface area contributed by atoms with Crippen LogP contribution in [0.5, 0.6) is 0 Å². The number of anilines is 1. The molecule has 1 aliphatic carbocycles. The summed E-state index contributed by atoms with van der Waals surface area (Å²) in [6.45, 7) is 7.34. The molecule has 1 aliphatic heterocycles. The van der Waals surface area contributed by atoms with E-state index in [1.807, 2.05) is 12.1 Å². The number of hydrogen-bond acceptors (Lipinski definition) is 3. The lowest BCUT2D eigenvalue weighted by Crippen LogP contribution is -2.46. The van der Waals surface area contributed by atoms with Gasteiger partial charge in [0.25, 0.3) is 5.91 Å². The lowest BCUT2D eigenvalue weighted by atomic mass is 9.88. The zero-order valence-corrected chi connectivity index (χ0v) is 17.4. The fourth-order valence-electron chi connectivity index (χ4n) is 4.44. The summed E-state index contributed by atoms with van der Waals surface area (Å²) in [7, 11) is 0. The molecule has 28 heavy (non-hydrogen) atoms. The molecule has 154 valence electrons. The molecule has 5 nitrogen and oxygen atoms in total. The van der Waals surface area contributed by atoms with E-state index in [0.29, 0.717) is 23.8 Å². The molecule has 2 fully saturated rings. The van der Waals surface area contributed by atoms with Crippen molar-refractivity contribution in [3.8, 4) is 0 Å². The van der Waals surface area contributed by atoms with Crippen LogP contribution in [0.2, 0.25) is 0 Å². The summed E-state index contributed by atoms with van der Waals surface area (Å²) in [5.74, 6) is 0.853. The Kier molecular flexibility index (Phi) is 7.49. The van der Waals surface area contributed by atoms with E-state index in [0.717, 1.165) is 44.7 Å². The first-order valence-corrected chi connectivity index (χ1v) is 11.0. The zero-order valence-electron chi connectivity index (χ0n) is 17.4. The van der Waals surface area contributed by atoms with E-state index in [9.17, 15) is 9.59 Å². The number of hydrogen-bond donors (Lipinski definition) is 2. The number of amides is 2. The highest BCUT2D eigenvalue weighted by Gasteiger charge is 2.22. The van der Waals surface area contributed by atoms with Crippen LogP contribution in [-0.2, 0) is 4.79 Å². The van der Waals surface area contributed by atoms with Crippen molar-refractivity contribution < 1.29 is 9.59 Å². The summed E-state index contributed by atoms with van der Waals surface area (Å²) < 4.78 is 0. The number of carbonyl (C=O) groups is 2. The fourth-order valence-corrected chi connectivity index (χ4v) is 4.44. The van der Waals surface area contributed by atoms with E-state index in [4.69, 9.17) is 0 Å². The molecule has 0 aromatic heterocycles. The Morgan fingerprint density at radius 2 is 1.93 bits per heavy atom. The molecule has 2 atom stereocenters. The van der Waals surface area contributed by atoms with Gasteiger partial charge in [-0.05, 0) is 63.3 Å². The normalized spacial score (nSPS) is 22.4. The standard InChI is InChI=1S/C23H35N3O2/c1-17-8-7-13-26(16-17)18(2)15-24-22(27)20-11-6-12-21(14-20)25-23(28)19-9-4-3-5-10-19/h6,11-12,14,17-19H,3-5,7-10,13,15-16H2,1-2H3,(H,24,27)(H,25,28). The van der Waals surface area contributed by atoms with Crippen molar-refractivity contribution in [1.82, 2.24) is 10.2 Å². The molecular weight excluding hydrogens is 350 g/mol. The molecule has 0 spiro atoms. The van der Waals surface area contributed by atoms with Gasteiger partial charge in [-0.2, -0.15) is 0 Å². The highest BCUT2D eigenvalue weighted by molar-refractivity contribution is 5.97. The molecule has 3 rings (SSSR count). The van der Waals surface area contributed by atoms with Gasteiger partial charge in [0.2, 0.25) is 5.91 Å². The van der Waals surface area contributed by atoms with Crippen LogP contribution < -0.4 is 10.6 Å². The summed E-state index contributed by atoms with van der Waals surface area (Å²) in [4.78, 5) is 27.5. The van der Waals surface area contributed by atoms with Crippen molar-refractivity contribution in [2.75, 3.05) is 25.0 Å². The SMILES string of the molecule is CC1CCCN(C(C)CNC(=O)c2cccc(NC(=O)C3CCCCC3)c2)C1. The van der Waals surface area contributed by atoms with E-state index < -0.39 is 0 Å². The Labute approximate surface area is 169 Å².